The van der Waals surface area contributed by atoms with Crippen LogP contribution in [0, 0.1) is 0 Å². The summed E-state index contributed by atoms with van der Waals surface area (Å²) in [5, 5.41) is 2.31. The van der Waals surface area contributed by atoms with Gasteiger partial charge in [0.2, 0.25) is 0 Å². The molecule has 0 radical (unpaired) electrons. The highest BCUT2D eigenvalue weighted by atomic mass is 79.9. The summed E-state index contributed by atoms with van der Waals surface area (Å²) in [4.78, 5) is 18.5. The Morgan fingerprint density at radius 1 is 1.31 bits per heavy atom. The van der Waals surface area contributed by atoms with E-state index < -0.39 is 6.03 Å². The summed E-state index contributed by atoms with van der Waals surface area (Å²) >= 11 is 3.35. The van der Waals surface area contributed by atoms with E-state index in [1.165, 1.54) is 0 Å². The molecule has 0 fully saturated rings. The van der Waals surface area contributed by atoms with Crippen molar-refractivity contribution < 1.29 is 4.79 Å². The number of hydrogen-bond donors (Lipinski definition) is 0. The third-order valence-corrected chi connectivity index (χ3v) is 2.28. The summed E-state index contributed by atoms with van der Waals surface area (Å²) in [6.45, 7) is 0. The molecule has 0 unspecified atom stereocenters. The number of carbonyl (C=O) groups is 1. The normalized spacial score (nSPS) is 13.5. The lowest BCUT2D eigenvalue weighted by atomic mass is 10.1. The fraction of sp³-hybridized carbons (Fsp3) is 0.222. The molecule has 0 N–H and O–H groups in total. The van der Waals surface area contributed by atoms with Gasteiger partial charge in [-0.05, 0) is 18.1 Å². The number of para-hydroxylation sites is 1. The SMILES string of the molecule is O=C1N=c2cccc(CCBr)c2=N1. The summed E-state index contributed by atoms with van der Waals surface area (Å²) in [7, 11) is 0. The summed E-state index contributed by atoms with van der Waals surface area (Å²) < 4.78 is 0. The molecule has 1 heterocycles. The quantitative estimate of drug-likeness (QED) is 0.709. The minimum absolute atomic E-state index is 0.392. The van der Waals surface area contributed by atoms with E-state index in [2.05, 4.69) is 25.9 Å². The number of rotatable bonds is 2. The Labute approximate surface area is 83.3 Å². The number of aryl methyl sites for hydroxylation is 1. The molecule has 2 amide bonds. The highest BCUT2D eigenvalue weighted by molar-refractivity contribution is 9.09. The van der Waals surface area contributed by atoms with Crippen molar-refractivity contribution in [3.63, 3.8) is 0 Å². The molecular formula is C9H7BrN2O. The molecular weight excluding hydrogens is 232 g/mol. The number of fused-ring (bicyclic) bond motifs is 1. The largest absolute Gasteiger partial charge is 0.368 e. The van der Waals surface area contributed by atoms with Crippen molar-refractivity contribution in [3.05, 3.63) is 34.5 Å². The van der Waals surface area contributed by atoms with Gasteiger partial charge in [0.1, 0.15) is 0 Å². The van der Waals surface area contributed by atoms with Gasteiger partial charge in [0.25, 0.3) is 0 Å². The predicted molar refractivity (Wildman–Crippen MR) is 51.6 cm³/mol. The van der Waals surface area contributed by atoms with E-state index in [1.54, 1.807) is 0 Å². The molecule has 1 aromatic carbocycles. The zero-order chi connectivity index (χ0) is 9.26. The van der Waals surface area contributed by atoms with Gasteiger partial charge in [0, 0.05) is 5.33 Å². The Morgan fingerprint density at radius 2 is 2.15 bits per heavy atom. The Hall–Kier alpha value is -1.03. The molecule has 0 bridgehead atoms. The van der Waals surface area contributed by atoms with Crippen LogP contribution in [0.25, 0.3) is 0 Å². The van der Waals surface area contributed by atoms with Crippen LogP contribution in [0.5, 0.6) is 0 Å². The van der Waals surface area contributed by atoms with E-state index in [0.29, 0.717) is 5.36 Å². The van der Waals surface area contributed by atoms with Gasteiger partial charge in [0.15, 0.2) is 0 Å². The molecule has 3 nitrogen and oxygen atoms in total. The van der Waals surface area contributed by atoms with E-state index in [9.17, 15) is 4.79 Å². The molecule has 1 aromatic rings. The Morgan fingerprint density at radius 3 is 2.92 bits per heavy atom. The first-order valence-corrected chi connectivity index (χ1v) is 5.08. The standard InChI is InChI=1S/C9H7BrN2O/c10-5-4-6-2-1-3-7-8(6)12-9(13)11-7/h1-3H,4-5H2. The van der Waals surface area contributed by atoms with Crippen LogP contribution in [0.3, 0.4) is 0 Å². The molecule has 1 aliphatic heterocycles. The van der Waals surface area contributed by atoms with Gasteiger partial charge in [-0.15, -0.1) is 0 Å². The average Bonchev–Trinajstić information content (AvgIpc) is 2.47. The lowest BCUT2D eigenvalue weighted by Crippen LogP contribution is -2.25. The molecule has 2 rings (SSSR count). The van der Waals surface area contributed by atoms with Gasteiger partial charge in [-0.2, -0.15) is 9.98 Å². The van der Waals surface area contributed by atoms with Crippen molar-refractivity contribution in [1.82, 2.24) is 0 Å². The fourth-order valence-corrected chi connectivity index (χ4v) is 1.75. The minimum atomic E-state index is -0.392. The van der Waals surface area contributed by atoms with Gasteiger partial charge in [-0.25, -0.2) is 4.79 Å². The Kier molecular flexibility index (Phi) is 2.22. The van der Waals surface area contributed by atoms with Crippen molar-refractivity contribution in [2.45, 2.75) is 6.42 Å². The number of urea groups is 1. The van der Waals surface area contributed by atoms with E-state index in [4.69, 9.17) is 0 Å². The Bertz CT molecular complexity index is 467. The van der Waals surface area contributed by atoms with Crippen molar-refractivity contribution in [2.24, 2.45) is 9.98 Å². The first-order chi connectivity index (χ1) is 6.31. The fourth-order valence-electron chi connectivity index (χ4n) is 1.32. The number of alkyl halides is 1. The summed E-state index contributed by atoms with van der Waals surface area (Å²) in [6.07, 6.45) is 0.871. The number of benzene rings is 1. The summed E-state index contributed by atoms with van der Waals surface area (Å²) in [5.41, 5.74) is 1.07. The predicted octanol–water partition coefficient (Wildman–Crippen LogP) is 0.997. The van der Waals surface area contributed by atoms with E-state index in [1.807, 2.05) is 18.2 Å². The smallest absolute Gasteiger partial charge is 0.244 e. The Balaban J connectivity index is 2.65. The minimum Gasteiger partial charge on any atom is -0.244 e. The van der Waals surface area contributed by atoms with Crippen LogP contribution in [-0.2, 0) is 6.42 Å². The number of amides is 2. The topological polar surface area (TPSA) is 41.8 Å². The highest BCUT2D eigenvalue weighted by Crippen LogP contribution is 1.96. The van der Waals surface area contributed by atoms with Crippen molar-refractivity contribution >= 4 is 22.0 Å². The first-order valence-electron chi connectivity index (χ1n) is 3.96. The van der Waals surface area contributed by atoms with Gasteiger partial charge in [-0.1, -0.05) is 28.1 Å². The van der Waals surface area contributed by atoms with Crippen LogP contribution >= 0.6 is 15.9 Å². The van der Waals surface area contributed by atoms with Crippen LogP contribution in [-0.4, -0.2) is 11.4 Å². The molecule has 4 heteroatoms. The highest BCUT2D eigenvalue weighted by Gasteiger charge is 2.07. The maximum absolute atomic E-state index is 10.9. The van der Waals surface area contributed by atoms with Gasteiger partial charge in [0.05, 0.1) is 10.7 Å². The monoisotopic (exact) mass is 238 g/mol. The molecule has 0 spiro atoms. The molecule has 0 atom stereocenters. The van der Waals surface area contributed by atoms with Gasteiger partial charge < -0.3 is 0 Å². The van der Waals surface area contributed by atoms with E-state index in [-0.39, 0.29) is 0 Å². The van der Waals surface area contributed by atoms with Crippen LogP contribution in [0.2, 0.25) is 0 Å². The van der Waals surface area contributed by atoms with Crippen LogP contribution in [0.4, 0.5) is 4.79 Å². The summed E-state index contributed by atoms with van der Waals surface area (Å²) in [6, 6.07) is 5.28. The van der Waals surface area contributed by atoms with Crippen molar-refractivity contribution in [3.8, 4) is 0 Å². The third-order valence-electron chi connectivity index (χ3n) is 1.89. The van der Waals surface area contributed by atoms with Gasteiger partial charge in [-0.3, -0.25) is 0 Å². The second-order valence-electron chi connectivity index (χ2n) is 2.73. The lowest BCUT2D eigenvalue weighted by Gasteiger charge is -1.94. The summed E-state index contributed by atoms with van der Waals surface area (Å²) in [5.74, 6) is 0. The number of carbonyl (C=O) groups excluding carboxylic acids is 1. The zero-order valence-electron chi connectivity index (χ0n) is 6.83. The van der Waals surface area contributed by atoms with E-state index >= 15 is 0 Å². The average molecular weight is 239 g/mol. The van der Waals surface area contributed by atoms with Crippen molar-refractivity contribution in [1.29, 1.82) is 0 Å². The molecule has 13 heavy (non-hydrogen) atoms. The second-order valence-corrected chi connectivity index (χ2v) is 3.52. The number of hydrogen-bond acceptors (Lipinski definition) is 1. The zero-order valence-corrected chi connectivity index (χ0v) is 8.41. The van der Waals surface area contributed by atoms with Crippen LogP contribution in [0.15, 0.2) is 28.2 Å². The maximum Gasteiger partial charge on any atom is 0.368 e. The van der Waals surface area contributed by atoms with E-state index in [0.717, 1.165) is 22.7 Å². The number of nitrogens with zero attached hydrogens (tertiary/aromatic N) is 2. The maximum atomic E-state index is 10.9. The van der Waals surface area contributed by atoms with Crippen LogP contribution < -0.4 is 10.7 Å². The molecule has 0 saturated heterocycles. The molecule has 0 aromatic heterocycles. The molecule has 0 aliphatic carbocycles. The number of halogens is 1. The lowest BCUT2D eigenvalue weighted by molar-refractivity contribution is 0.256. The van der Waals surface area contributed by atoms with Crippen LogP contribution in [0.1, 0.15) is 5.56 Å². The first kappa shape index (κ1) is 8.56. The molecule has 66 valence electrons. The third kappa shape index (κ3) is 1.54. The van der Waals surface area contributed by atoms with Crippen molar-refractivity contribution in [2.75, 3.05) is 5.33 Å². The molecule has 0 saturated carbocycles. The van der Waals surface area contributed by atoms with Gasteiger partial charge >= 0.3 is 6.03 Å². The molecule has 1 aliphatic rings. The second kappa shape index (κ2) is 3.38.